The second-order valence-corrected chi connectivity index (χ2v) is 7.01. The van der Waals surface area contributed by atoms with Gasteiger partial charge in [0.25, 0.3) is 0 Å². The second-order valence-electron chi connectivity index (χ2n) is 7.01. The first-order valence-corrected chi connectivity index (χ1v) is 9.31. The maximum Gasteiger partial charge on any atom is 0.0812 e. The molecular weight excluding hydrogens is 262 g/mol. The van der Waals surface area contributed by atoms with Crippen molar-refractivity contribution in [2.24, 2.45) is 11.7 Å². The maximum absolute atomic E-state index is 5.50. The van der Waals surface area contributed by atoms with E-state index in [1.165, 1.54) is 77.0 Å². The average Bonchev–Trinajstić information content (AvgIpc) is 3.37. The first-order chi connectivity index (χ1) is 10.4. The van der Waals surface area contributed by atoms with Crippen LogP contribution in [0.4, 0.5) is 0 Å². The van der Waals surface area contributed by atoms with Crippen molar-refractivity contribution in [1.29, 1.82) is 0 Å². The predicted octanol–water partition coefficient (Wildman–Crippen LogP) is 4.04. The van der Waals surface area contributed by atoms with Crippen molar-refractivity contribution in [3.8, 4) is 0 Å². The summed E-state index contributed by atoms with van der Waals surface area (Å²) in [5.41, 5.74) is 5.50. The minimum atomic E-state index is 0.585. The summed E-state index contributed by atoms with van der Waals surface area (Å²) in [6.07, 6.45) is 17.5. The Morgan fingerprint density at radius 1 is 0.714 bits per heavy atom. The van der Waals surface area contributed by atoms with E-state index >= 15 is 0 Å². The van der Waals surface area contributed by atoms with Gasteiger partial charge in [0.2, 0.25) is 0 Å². The summed E-state index contributed by atoms with van der Waals surface area (Å²) in [5.74, 6) is 0.848. The average molecular weight is 297 g/mol. The molecule has 0 aromatic heterocycles. The number of hydrogen-bond acceptors (Lipinski definition) is 3. The second kappa shape index (κ2) is 10.6. The van der Waals surface area contributed by atoms with Crippen LogP contribution in [-0.4, -0.2) is 32.0 Å². The van der Waals surface area contributed by atoms with Gasteiger partial charge in [-0.25, -0.2) is 0 Å². The Morgan fingerprint density at radius 3 is 1.57 bits per heavy atom. The lowest BCUT2D eigenvalue weighted by atomic mass is 9.91. The molecule has 2 saturated heterocycles. The summed E-state index contributed by atoms with van der Waals surface area (Å²) in [6.45, 7) is 2.87. The molecule has 2 N–H and O–H groups in total. The Labute approximate surface area is 130 Å². The van der Waals surface area contributed by atoms with E-state index in [1.807, 2.05) is 0 Å². The number of ether oxygens (including phenoxy) is 2. The molecule has 0 bridgehead atoms. The molecule has 2 unspecified atom stereocenters. The summed E-state index contributed by atoms with van der Waals surface area (Å²) >= 11 is 0. The molecule has 0 aromatic carbocycles. The Kier molecular flexibility index (Phi) is 8.68. The quantitative estimate of drug-likeness (QED) is 0.366. The molecule has 0 aromatic rings. The monoisotopic (exact) mass is 297 g/mol. The van der Waals surface area contributed by atoms with Crippen LogP contribution in [0.3, 0.4) is 0 Å². The van der Waals surface area contributed by atoms with Gasteiger partial charge < -0.3 is 15.2 Å². The molecule has 2 heterocycles. The third-order valence-electron chi connectivity index (χ3n) is 4.81. The summed E-state index contributed by atoms with van der Waals surface area (Å²) in [7, 11) is 0. The first kappa shape index (κ1) is 17.2. The Bertz CT molecular complexity index is 238. The van der Waals surface area contributed by atoms with Crippen molar-refractivity contribution < 1.29 is 9.47 Å². The lowest BCUT2D eigenvalue weighted by molar-refractivity contribution is 0.291. The molecule has 0 radical (unpaired) electrons. The fraction of sp³-hybridized carbons (Fsp3) is 1.00. The molecule has 2 fully saturated rings. The Hall–Kier alpha value is -0.120. The molecule has 2 aliphatic heterocycles. The minimum absolute atomic E-state index is 0.585. The molecule has 0 amide bonds. The topological polar surface area (TPSA) is 51.1 Å². The van der Waals surface area contributed by atoms with Crippen LogP contribution in [0.25, 0.3) is 0 Å². The van der Waals surface area contributed by atoms with E-state index in [0.717, 1.165) is 25.7 Å². The van der Waals surface area contributed by atoms with E-state index < -0.39 is 0 Å². The van der Waals surface area contributed by atoms with Crippen LogP contribution in [0, 0.1) is 5.92 Å². The maximum atomic E-state index is 5.50. The fourth-order valence-corrected chi connectivity index (χ4v) is 3.30. The first-order valence-electron chi connectivity index (χ1n) is 9.31. The highest BCUT2D eigenvalue weighted by atomic mass is 16.6. The van der Waals surface area contributed by atoms with E-state index in [1.54, 1.807) is 0 Å². The SMILES string of the molecule is NCCCCCCCCCCCC(CC1CO1)CC1CO1. The number of rotatable bonds is 15. The van der Waals surface area contributed by atoms with E-state index in [2.05, 4.69) is 0 Å². The molecule has 3 nitrogen and oxygen atoms in total. The minimum Gasteiger partial charge on any atom is -0.373 e. The number of hydrogen-bond donors (Lipinski definition) is 1. The van der Waals surface area contributed by atoms with E-state index in [-0.39, 0.29) is 0 Å². The third kappa shape index (κ3) is 9.49. The van der Waals surface area contributed by atoms with Crippen LogP contribution in [0.1, 0.15) is 77.0 Å². The van der Waals surface area contributed by atoms with Crippen LogP contribution < -0.4 is 5.73 Å². The molecule has 0 saturated carbocycles. The van der Waals surface area contributed by atoms with Gasteiger partial charge in [0.15, 0.2) is 0 Å². The normalized spacial score (nSPS) is 25.0. The lowest BCUT2D eigenvalue weighted by Crippen LogP contribution is -2.08. The fourth-order valence-electron chi connectivity index (χ4n) is 3.30. The van der Waals surface area contributed by atoms with Gasteiger partial charge >= 0.3 is 0 Å². The highest BCUT2D eigenvalue weighted by molar-refractivity contribution is 4.79. The molecule has 124 valence electrons. The standard InChI is InChI=1S/C18H35NO2/c19-11-9-7-5-3-1-2-4-6-8-10-16(12-17-14-20-17)13-18-15-21-18/h16-18H,1-15,19H2. The van der Waals surface area contributed by atoms with Crippen LogP contribution in [0.15, 0.2) is 0 Å². The highest BCUT2D eigenvalue weighted by Crippen LogP contribution is 2.30. The van der Waals surface area contributed by atoms with E-state index in [4.69, 9.17) is 15.2 Å². The van der Waals surface area contributed by atoms with Gasteiger partial charge in [0.1, 0.15) is 0 Å². The molecule has 21 heavy (non-hydrogen) atoms. The molecular formula is C18H35NO2. The van der Waals surface area contributed by atoms with Gasteiger partial charge in [-0.15, -0.1) is 0 Å². The number of nitrogens with two attached hydrogens (primary N) is 1. The van der Waals surface area contributed by atoms with E-state index in [9.17, 15) is 0 Å². The third-order valence-corrected chi connectivity index (χ3v) is 4.81. The predicted molar refractivity (Wildman–Crippen MR) is 87.4 cm³/mol. The van der Waals surface area contributed by atoms with Crippen LogP contribution in [-0.2, 0) is 9.47 Å². The molecule has 2 atom stereocenters. The summed E-state index contributed by atoms with van der Waals surface area (Å²) in [4.78, 5) is 0. The number of unbranched alkanes of at least 4 members (excludes halogenated alkanes) is 8. The van der Waals surface area contributed by atoms with Gasteiger partial charge in [-0.2, -0.15) is 0 Å². The van der Waals surface area contributed by atoms with Gasteiger partial charge in [-0.1, -0.05) is 57.8 Å². The van der Waals surface area contributed by atoms with E-state index in [0.29, 0.717) is 12.2 Å². The molecule has 2 rings (SSSR count). The number of epoxide rings is 2. The van der Waals surface area contributed by atoms with Gasteiger partial charge in [-0.05, 0) is 31.7 Å². The zero-order valence-electron chi connectivity index (χ0n) is 13.7. The van der Waals surface area contributed by atoms with Crippen molar-refractivity contribution in [3.63, 3.8) is 0 Å². The van der Waals surface area contributed by atoms with Crippen molar-refractivity contribution in [1.82, 2.24) is 0 Å². The Morgan fingerprint density at radius 2 is 1.14 bits per heavy atom. The van der Waals surface area contributed by atoms with Crippen molar-refractivity contribution >= 4 is 0 Å². The van der Waals surface area contributed by atoms with Gasteiger partial charge in [0.05, 0.1) is 25.4 Å². The van der Waals surface area contributed by atoms with Crippen molar-refractivity contribution in [2.45, 2.75) is 89.3 Å². The smallest absolute Gasteiger partial charge is 0.0812 e. The molecule has 3 heteroatoms. The van der Waals surface area contributed by atoms with Gasteiger partial charge in [-0.3, -0.25) is 0 Å². The van der Waals surface area contributed by atoms with Crippen LogP contribution in [0.2, 0.25) is 0 Å². The summed E-state index contributed by atoms with van der Waals surface area (Å²) < 4.78 is 10.8. The highest BCUT2D eigenvalue weighted by Gasteiger charge is 2.31. The zero-order chi connectivity index (χ0) is 14.8. The summed E-state index contributed by atoms with van der Waals surface area (Å²) in [6, 6.07) is 0. The van der Waals surface area contributed by atoms with Crippen LogP contribution >= 0.6 is 0 Å². The molecule has 0 aliphatic carbocycles. The largest absolute Gasteiger partial charge is 0.373 e. The summed E-state index contributed by atoms with van der Waals surface area (Å²) in [5, 5.41) is 0. The molecule has 2 aliphatic rings. The molecule has 0 spiro atoms. The van der Waals surface area contributed by atoms with Gasteiger partial charge in [0, 0.05) is 0 Å². The van der Waals surface area contributed by atoms with Crippen LogP contribution in [0.5, 0.6) is 0 Å². The Balaban J connectivity index is 1.37. The van der Waals surface area contributed by atoms with Crippen molar-refractivity contribution in [3.05, 3.63) is 0 Å². The zero-order valence-corrected chi connectivity index (χ0v) is 13.7. The lowest BCUT2D eigenvalue weighted by Gasteiger charge is -2.14. The van der Waals surface area contributed by atoms with Crippen molar-refractivity contribution in [2.75, 3.05) is 19.8 Å².